The van der Waals surface area contributed by atoms with Gasteiger partial charge in [0.1, 0.15) is 48.2 Å². The van der Waals surface area contributed by atoms with Crippen LogP contribution in [-0.2, 0) is 25.7 Å². The van der Waals surface area contributed by atoms with Crippen LogP contribution in [0.4, 0.5) is 8.78 Å². The predicted octanol–water partition coefficient (Wildman–Crippen LogP) is 7.98. The number of hydrogen-bond donors (Lipinski definition) is 5. The Hall–Kier alpha value is -5.51. The van der Waals surface area contributed by atoms with Crippen LogP contribution < -0.4 is 26.0 Å². The summed E-state index contributed by atoms with van der Waals surface area (Å²) in [6, 6.07) is 14.7. The highest BCUT2D eigenvalue weighted by molar-refractivity contribution is 7.13. The average molecular weight is 1030 g/mol. The monoisotopic (exact) mass is 1030 g/mol. The zero-order valence-corrected chi connectivity index (χ0v) is 43.7. The van der Waals surface area contributed by atoms with E-state index in [4.69, 9.17) is 21.1 Å². The van der Waals surface area contributed by atoms with Crippen LogP contribution in [0.3, 0.4) is 0 Å². The van der Waals surface area contributed by atoms with Gasteiger partial charge in [-0.05, 0) is 79.3 Å². The summed E-state index contributed by atoms with van der Waals surface area (Å²) < 4.78 is 43.4. The number of nitriles is 1. The number of nitrogens with zero attached hydrogens (tertiary/aromatic N) is 3. The minimum Gasteiger partial charge on any atom is -0.489 e. The third kappa shape index (κ3) is 12.1. The van der Waals surface area contributed by atoms with Crippen LogP contribution in [0.5, 0.6) is 5.75 Å². The van der Waals surface area contributed by atoms with E-state index in [0.29, 0.717) is 43.5 Å². The molecule has 7 rings (SSSR count). The Bertz CT molecular complexity index is 2640. The molecule has 3 atom stereocenters. The minimum atomic E-state index is -1.00. The summed E-state index contributed by atoms with van der Waals surface area (Å²) in [6.07, 6.45) is 1.18. The molecule has 2 aliphatic carbocycles. The lowest BCUT2D eigenvalue weighted by atomic mass is 9.49. The van der Waals surface area contributed by atoms with Gasteiger partial charge in [-0.2, -0.15) is 5.26 Å². The van der Waals surface area contributed by atoms with Crippen molar-refractivity contribution in [3.63, 3.8) is 0 Å². The van der Waals surface area contributed by atoms with Crippen molar-refractivity contribution < 1.29 is 42.5 Å². The normalized spacial score (nSPS) is 22.8. The molecule has 0 spiro atoms. The molecule has 386 valence electrons. The van der Waals surface area contributed by atoms with Crippen LogP contribution in [0.15, 0.2) is 60.1 Å². The maximum atomic E-state index is 15.7. The molecule has 14 nitrogen and oxygen atoms in total. The average Bonchev–Trinajstić information content (AvgIpc) is 3.95. The molecule has 5 N–H and O–H groups in total. The molecule has 2 saturated carbocycles. The number of amides is 4. The molecule has 4 aromatic rings. The SMILES string of the molecule is Cc1ncsc1-c1ccc(CNC(=O)[C@@H]2C[C@@H](O)CN2C(=O)C(NC(=O)COCCNC2CCC(c3c(F)cc(C(=O)NC4C(C)(C)C(Oc5ccc(C#N)c(Cl)c5)C4(C)C)cc3F)CC2)C(C)(C)C)cc1. The number of aliphatic hydroxyl groups is 1. The van der Waals surface area contributed by atoms with Crippen molar-refractivity contribution in [2.24, 2.45) is 16.2 Å². The quantitative estimate of drug-likeness (QED) is 0.0648. The molecule has 1 saturated heterocycles. The van der Waals surface area contributed by atoms with Gasteiger partial charge in [0, 0.05) is 66.2 Å². The minimum absolute atomic E-state index is 0.0230. The summed E-state index contributed by atoms with van der Waals surface area (Å²) >= 11 is 7.79. The molecule has 3 aliphatic rings. The van der Waals surface area contributed by atoms with E-state index in [1.54, 1.807) is 35.0 Å². The summed E-state index contributed by atoms with van der Waals surface area (Å²) in [6.45, 7) is 15.7. The number of thiazole rings is 1. The fraction of sp³-hybridized carbons (Fsp3) is 0.519. The summed E-state index contributed by atoms with van der Waals surface area (Å²) in [4.78, 5) is 60.9. The zero-order valence-electron chi connectivity index (χ0n) is 42.2. The number of likely N-dealkylation sites (tertiary alicyclic amines) is 1. The Morgan fingerprint density at radius 1 is 1.00 bits per heavy atom. The number of aliphatic hydroxyl groups excluding tert-OH is 1. The number of halogens is 3. The van der Waals surface area contributed by atoms with Gasteiger partial charge < -0.3 is 40.7 Å². The second-order valence-electron chi connectivity index (χ2n) is 21.7. The molecule has 3 aromatic carbocycles. The fourth-order valence-electron chi connectivity index (χ4n) is 11.0. The first-order valence-electron chi connectivity index (χ1n) is 24.5. The molecule has 72 heavy (non-hydrogen) atoms. The Kier molecular flexibility index (Phi) is 16.8. The maximum Gasteiger partial charge on any atom is 0.251 e. The number of benzene rings is 3. The molecule has 18 heteroatoms. The van der Waals surface area contributed by atoms with Crippen LogP contribution in [0.1, 0.15) is 119 Å². The topological polar surface area (TPSA) is 195 Å². The summed E-state index contributed by atoms with van der Waals surface area (Å²) in [5.41, 5.74) is 3.00. The molecule has 0 bridgehead atoms. The Labute approximate surface area is 429 Å². The van der Waals surface area contributed by atoms with Crippen molar-refractivity contribution >= 4 is 46.6 Å². The highest BCUT2D eigenvalue weighted by atomic mass is 35.5. The third-order valence-electron chi connectivity index (χ3n) is 14.5. The summed E-state index contributed by atoms with van der Waals surface area (Å²) in [5.74, 6) is -3.35. The predicted molar refractivity (Wildman–Crippen MR) is 271 cm³/mol. The van der Waals surface area contributed by atoms with Gasteiger partial charge in [0.2, 0.25) is 17.7 Å². The first-order valence-corrected chi connectivity index (χ1v) is 25.8. The van der Waals surface area contributed by atoms with E-state index in [1.807, 2.05) is 85.7 Å². The van der Waals surface area contributed by atoms with Gasteiger partial charge in [0.15, 0.2) is 0 Å². The van der Waals surface area contributed by atoms with Gasteiger partial charge in [0.05, 0.1) is 39.4 Å². The Morgan fingerprint density at radius 2 is 1.67 bits per heavy atom. The third-order valence-corrected chi connectivity index (χ3v) is 15.8. The van der Waals surface area contributed by atoms with Crippen molar-refractivity contribution in [1.29, 1.82) is 5.26 Å². The molecule has 2 heterocycles. The van der Waals surface area contributed by atoms with Crippen LogP contribution >= 0.6 is 22.9 Å². The number of carbonyl (C=O) groups excluding carboxylic acids is 4. The lowest BCUT2D eigenvalue weighted by Crippen LogP contribution is -2.74. The van der Waals surface area contributed by atoms with E-state index in [2.05, 4.69) is 26.3 Å². The number of aryl methyl sites for hydroxylation is 1. The van der Waals surface area contributed by atoms with Gasteiger partial charge in [-0.1, -0.05) is 84.3 Å². The zero-order chi connectivity index (χ0) is 52.3. The Morgan fingerprint density at radius 3 is 2.26 bits per heavy atom. The van der Waals surface area contributed by atoms with E-state index in [9.17, 15) is 29.5 Å². The van der Waals surface area contributed by atoms with E-state index in [0.717, 1.165) is 33.8 Å². The summed E-state index contributed by atoms with van der Waals surface area (Å²) in [7, 11) is 0. The second kappa shape index (κ2) is 22.3. The highest BCUT2D eigenvalue weighted by Crippen LogP contribution is 2.55. The van der Waals surface area contributed by atoms with Crippen molar-refractivity contribution in [3.8, 4) is 22.3 Å². The van der Waals surface area contributed by atoms with Crippen molar-refractivity contribution in [1.82, 2.24) is 31.2 Å². The summed E-state index contributed by atoms with van der Waals surface area (Å²) in [5, 5.41) is 32.2. The molecule has 1 aromatic heterocycles. The number of rotatable bonds is 17. The van der Waals surface area contributed by atoms with Crippen molar-refractivity contribution in [3.05, 3.63) is 105 Å². The fourth-order valence-corrected chi connectivity index (χ4v) is 12.0. The molecular formula is C54H66ClF2N7O7S. The van der Waals surface area contributed by atoms with Crippen LogP contribution in [0.2, 0.25) is 5.02 Å². The van der Waals surface area contributed by atoms with Crippen LogP contribution in [-0.4, -0.2) is 101 Å². The van der Waals surface area contributed by atoms with Gasteiger partial charge in [0.25, 0.3) is 5.91 Å². The number of β-amino-alcohol motifs (C(OH)–C–C–N with tert-alkyl or cyclic N) is 1. The number of aromatic nitrogens is 1. The Balaban J connectivity index is 0.832. The number of ether oxygens (including phenoxy) is 2. The van der Waals surface area contributed by atoms with E-state index in [-0.39, 0.29) is 66.9 Å². The lowest BCUT2D eigenvalue weighted by Gasteiger charge is -2.63. The first-order chi connectivity index (χ1) is 34.0. The number of nitrogens with one attached hydrogen (secondary N) is 4. The van der Waals surface area contributed by atoms with Crippen molar-refractivity contribution in [2.45, 2.75) is 136 Å². The number of hydrogen-bond acceptors (Lipinski definition) is 11. The van der Waals surface area contributed by atoms with Gasteiger partial charge >= 0.3 is 0 Å². The molecule has 0 radical (unpaired) electrons. The second-order valence-corrected chi connectivity index (χ2v) is 22.9. The van der Waals surface area contributed by atoms with Gasteiger partial charge in [-0.25, -0.2) is 13.8 Å². The smallest absolute Gasteiger partial charge is 0.251 e. The highest BCUT2D eigenvalue weighted by Gasteiger charge is 2.64. The van der Waals surface area contributed by atoms with E-state index >= 15 is 8.78 Å². The first kappa shape index (κ1) is 54.3. The van der Waals surface area contributed by atoms with Crippen LogP contribution in [0, 0.1) is 46.1 Å². The number of carbonyl (C=O) groups is 4. The molecule has 4 amide bonds. The van der Waals surface area contributed by atoms with Crippen molar-refractivity contribution in [2.75, 3.05) is 26.3 Å². The van der Waals surface area contributed by atoms with Gasteiger partial charge in [-0.3, -0.25) is 19.2 Å². The van der Waals surface area contributed by atoms with Gasteiger partial charge in [-0.15, -0.1) is 11.3 Å². The molecule has 1 aliphatic heterocycles. The largest absolute Gasteiger partial charge is 0.489 e. The molecule has 1 unspecified atom stereocenters. The standard InChI is InChI=1S/C54H66ClF2N7O7S/c1-30-45(72-29-61-30)33-11-9-31(10-12-33)26-60-48(68)42-23-37(65)27-64(42)49(69)46(52(2,3)4)62-43(66)28-70-20-19-59-36-16-13-32(14-17-36)44-40(56)21-35(22-41(44)57)47(67)63-50-53(5,6)51(54(50,7)8)71-38-18-15-34(25-58)39(55)24-38/h9-12,15,18,21-22,24,29,32,36-37,42,46,50-51,59,65H,13-14,16-17,19-20,23,26-28H2,1-8H3,(H,60,68)(H,62,66)(H,63,67)/t32?,36?,37-,42+,46?,50?,51?/m1/s1. The lowest BCUT2D eigenvalue weighted by molar-refractivity contribution is -0.164. The van der Waals surface area contributed by atoms with Crippen LogP contribution in [0.25, 0.3) is 10.4 Å². The maximum absolute atomic E-state index is 15.7. The molecule has 3 fully saturated rings. The molecular weight excluding hydrogens is 964 g/mol. The van der Waals surface area contributed by atoms with E-state index in [1.165, 1.54) is 4.90 Å². The van der Waals surface area contributed by atoms with E-state index < -0.39 is 75.7 Å².